The molecule has 2 heteroatoms. The third kappa shape index (κ3) is 2.68. The second-order valence-electron chi connectivity index (χ2n) is 4.73. The summed E-state index contributed by atoms with van der Waals surface area (Å²) in [5.41, 5.74) is 0.00373. The zero-order valence-electron chi connectivity index (χ0n) is 9.05. The predicted molar refractivity (Wildman–Crippen MR) is 53.7 cm³/mol. The van der Waals surface area contributed by atoms with E-state index in [-0.39, 0.29) is 17.6 Å². The van der Waals surface area contributed by atoms with Crippen LogP contribution in [0.1, 0.15) is 46.5 Å². The van der Waals surface area contributed by atoms with Crippen molar-refractivity contribution in [2.75, 3.05) is 6.61 Å². The molecule has 1 rings (SSSR count). The van der Waals surface area contributed by atoms with Gasteiger partial charge in [0.05, 0.1) is 12.2 Å². The Morgan fingerprint density at radius 2 is 2.23 bits per heavy atom. The van der Waals surface area contributed by atoms with E-state index in [2.05, 4.69) is 20.8 Å². The van der Waals surface area contributed by atoms with E-state index in [1.807, 2.05) is 0 Å². The molecular weight excluding hydrogens is 164 g/mol. The largest absolute Gasteiger partial charge is 0.390 e. The highest BCUT2D eigenvalue weighted by atomic mass is 16.5. The van der Waals surface area contributed by atoms with Crippen LogP contribution in [0.25, 0.3) is 0 Å². The van der Waals surface area contributed by atoms with Crippen LogP contribution in [0.5, 0.6) is 0 Å². The molecule has 2 unspecified atom stereocenters. The molecule has 2 atom stereocenters. The van der Waals surface area contributed by atoms with Gasteiger partial charge < -0.3 is 9.84 Å². The molecule has 0 radical (unpaired) electrons. The van der Waals surface area contributed by atoms with Crippen molar-refractivity contribution in [3.8, 4) is 0 Å². The first kappa shape index (κ1) is 11.0. The van der Waals surface area contributed by atoms with Crippen molar-refractivity contribution in [2.45, 2.75) is 58.7 Å². The van der Waals surface area contributed by atoms with E-state index in [4.69, 9.17) is 4.74 Å². The van der Waals surface area contributed by atoms with E-state index in [0.29, 0.717) is 0 Å². The Balaban J connectivity index is 2.48. The molecule has 2 nitrogen and oxygen atoms in total. The van der Waals surface area contributed by atoms with Crippen LogP contribution in [0.15, 0.2) is 0 Å². The average molecular weight is 186 g/mol. The van der Waals surface area contributed by atoms with Gasteiger partial charge in [-0.05, 0) is 24.7 Å². The predicted octanol–water partition coefficient (Wildman–Crippen LogP) is 2.35. The van der Waals surface area contributed by atoms with Crippen LogP contribution >= 0.6 is 0 Å². The molecule has 1 saturated heterocycles. The van der Waals surface area contributed by atoms with Crippen LogP contribution in [0.4, 0.5) is 0 Å². The third-order valence-electron chi connectivity index (χ3n) is 3.01. The van der Waals surface area contributed by atoms with Crippen molar-refractivity contribution < 1.29 is 9.84 Å². The fraction of sp³-hybridized carbons (Fsp3) is 1.00. The van der Waals surface area contributed by atoms with Gasteiger partial charge in [-0.15, -0.1) is 0 Å². The molecule has 1 aliphatic rings. The summed E-state index contributed by atoms with van der Waals surface area (Å²) in [5.74, 6) is 0. The van der Waals surface area contributed by atoms with Crippen LogP contribution < -0.4 is 0 Å². The van der Waals surface area contributed by atoms with Crippen LogP contribution in [0.3, 0.4) is 0 Å². The van der Waals surface area contributed by atoms with Gasteiger partial charge in [-0.1, -0.05) is 27.2 Å². The summed E-state index contributed by atoms with van der Waals surface area (Å²) in [6.07, 6.45) is 4.10. The van der Waals surface area contributed by atoms with Gasteiger partial charge in [-0.2, -0.15) is 0 Å². The summed E-state index contributed by atoms with van der Waals surface area (Å²) in [7, 11) is 0. The van der Waals surface area contributed by atoms with Crippen LogP contribution in [0.2, 0.25) is 0 Å². The van der Waals surface area contributed by atoms with Crippen molar-refractivity contribution >= 4 is 0 Å². The Hall–Kier alpha value is -0.0800. The second-order valence-corrected chi connectivity index (χ2v) is 4.73. The first-order valence-electron chi connectivity index (χ1n) is 5.37. The van der Waals surface area contributed by atoms with Crippen molar-refractivity contribution in [1.29, 1.82) is 0 Å². The molecule has 1 heterocycles. The first-order chi connectivity index (χ1) is 6.08. The zero-order chi connectivity index (χ0) is 9.90. The molecular formula is C11H22O2. The molecule has 1 N–H and O–H groups in total. The summed E-state index contributed by atoms with van der Waals surface area (Å²) >= 11 is 0. The monoisotopic (exact) mass is 186 g/mol. The molecule has 0 aromatic heterocycles. The molecule has 1 aliphatic heterocycles. The molecule has 1 fully saturated rings. The Kier molecular flexibility index (Phi) is 3.74. The Morgan fingerprint density at radius 3 is 2.69 bits per heavy atom. The molecule has 78 valence electrons. The fourth-order valence-electron chi connectivity index (χ4n) is 2.15. The first-order valence-corrected chi connectivity index (χ1v) is 5.37. The normalized spacial score (nSPS) is 26.3. The molecule has 0 aromatic carbocycles. The molecule has 0 spiro atoms. The number of hydrogen-bond donors (Lipinski definition) is 1. The lowest BCUT2D eigenvalue weighted by molar-refractivity contribution is -0.0648. The summed E-state index contributed by atoms with van der Waals surface area (Å²) in [6, 6.07) is 0. The molecule has 0 saturated carbocycles. The van der Waals surface area contributed by atoms with Crippen molar-refractivity contribution in [1.82, 2.24) is 0 Å². The maximum absolute atomic E-state index is 10.1. The number of hydrogen-bond acceptors (Lipinski definition) is 2. The van der Waals surface area contributed by atoms with Gasteiger partial charge in [0.2, 0.25) is 0 Å². The number of ether oxygens (including phenoxy) is 1. The standard InChI is InChI=1S/C11H22O2/c1-4-7-11(2,3)10(12)9-6-5-8-13-9/h9-10,12H,4-8H2,1-3H3. The molecule has 0 aromatic rings. The minimum absolute atomic E-state index is 0.00373. The van der Waals surface area contributed by atoms with Crippen LogP contribution in [-0.4, -0.2) is 23.9 Å². The lowest BCUT2D eigenvalue weighted by atomic mass is 9.79. The summed E-state index contributed by atoms with van der Waals surface area (Å²) in [6.45, 7) is 7.24. The Morgan fingerprint density at radius 1 is 1.54 bits per heavy atom. The van der Waals surface area contributed by atoms with E-state index in [9.17, 15) is 5.11 Å². The minimum Gasteiger partial charge on any atom is -0.390 e. The van der Waals surface area contributed by atoms with Crippen molar-refractivity contribution in [3.63, 3.8) is 0 Å². The van der Waals surface area contributed by atoms with Crippen molar-refractivity contribution in [2.24, 2.45) is 5.41 Å². The summed E-state index contributed by atoms with van der Waals surface area (Å²) < 4.78 is 5.50. The van der Waals surface area contributed by atoms with Gasteiger partial charge in [0, 0.05) is 6.61 Å². The molecule has 0 bridgehead atoms. The smallest absolute Gasteiger partial charge is 0.0852 e. The highest BCUT2D eigenvalue weighted by molar-refractivity contribution is 4.85. The van der Waals surface area contributed by atoms with Gasteiger partial charge in [0.15, 0.2) is 0 Å². The van der Waals surface area contributed by atoms with Crippen molar-refractivity contribution in [3.05, 3.63) is 0 Å². The Labute approximate surface area is 81.3 Å². The highest BCUT2D eigenvalue weighted by Gasteiger charge is 2.35. The average Bonchev–Trinajstić information content (AvgIpc) is 2.54. The van der Waals surface area contributed by atoms with Crippen LogP contribution in [0, 0.1) is 5.41 Å². The minimum atomic E-state index is -0.296. The maximum atomic E-state index is 10.1. The van der Waals surface area contributed by atoms with Crippen LogP contribution in [-0.2, 0) is 4.74 Å². The van der Waals surface area contributed by atoms with Gasteiger partial charge in [0.1, 0.15) is 0 Å². The van der Waals surface area contributed by atoms with E-state index in [1.54, 1.807) is 0 Å². The van der Waals surface area contributed by atoms with E-state index in [1.165, 1.54) is 0 Å². The van der Waals surface area contributed by atoms with Gasteiger partial charge in [-0.3, -0.25) is 0 Å². The second kappa shape index (κ2) is 4.43. The number of aliphatic hydroxyl groups excluding tert-OH is 1. The quantitative estimate of drug-likeness (QED) is 0.730. The fourth-order valence-corrected chi connectivity index (χ4v) is 2.15. The summed E-state index contributed by atoms with van der Waals surface area (Å²) in [5, 5.41) is 10.1. The van der Waals surface area contributed by atoms with Gasteiger partial charge in [-0.25, -0.2) is 0 Å². The third-order valence-corrected chi connectivity index (χ3v) is 3.01. The molecule has 13 heavy (non-hydrogen) atoms. The SMILES string of the molecule is CCCC(C)(C)C(O)C1CCCO1. The maximum Gasteiger partial charge on any atom is 0.0852 e. The molecule has 0 aliphatic carbocycles. The lowest BCUT2D eigenvalue weighted by Crippen LogP contribution is -2.39. The lowest BCUT2D eigenvalue weighted by Gasteiger charge is -2.33. The zero-order valence-corrected chi connectivity index (χ0v) is 9.05. The van der Waals surface area contributed by atoms with Gasteiger partial charge in [0.25, 0.3) is 0 Å². The van der Waals surface area contributed by atoms with Gasteiger partial charge >= 0.3 is 0 Å². The number of rotatable bonds is 4. The highest BCUT2D eigenvalue weighted by Crippen LogP contribution is 2.32. The molecule has 0 amide bonds. The topological polar surface area (TPSA) is 29.5 Å². The summed E-state index contributed by atoms with van der Waals surface area (Å²) in [4.78, 5) is 0. The Bertz CT molecular complexity index is 148. The van der Waals surface area contributed by atoms with E-state index < -0.39 is 0 Å². The van der Waals surface area contributed by atoms with E-state index >= 15 is 0 Å². The number of aliphatic hydroxyl groups is 1. The van der Waals surface area contributed by atoms with E-state index in [0.717, 1.165) is 32.3 Å².